The molecule has 2 heteroatoms. The van der Waals surface area contributed by atoms with Crippen LogP contribution in [0.5, 0.6) is 0 Å². The summed E-state index contributed by atoms with van der Waals surface area (Å²) in [6.07, 6.45) is 1.94. The van der Waals surface area contributed by atoms with Crippen molar-refractivity contribution in [2.75, 3.05) is 0 Å². The summed E-state index contributed by atoms with van der Waals surface area (Å²) in [6.45, 7) is 2.11. The van der Waals surface area contributed by atoms with E-state index < -0.39 is 0 Å². The number of halogens is 1. The molecule has 0 saturated heterocycles. The zero-order valence-electron chi connectivity index (χ0n) is 6.71. The zero-order valence-corrected chi connectivity index (χ0v) is 8.87. The summed E-state index contributed by atoms with van der Waals surface area (Å²) >= 11 is 2.23. The van der Waals surface area contributed by atoms with Gasteiger partial charge in [-0.3, -0.25) is 0 Å². The molecule has 0 aliphatic heterocycles. The molecular formula is C10H8IN. The number of aromatic nitrogens is 1. The maximum absolute atomic E-state index is 4.25. The van der Waals surface area contributed by atoms with E-state index in [1.807, 2.05) is 6.20 Å². The van der Waals surface area contributed by atoms with Gasteiger partial charge in [0, 0.05) is 11.6 Å². The van der Waals surface area contributed by atoms with Gasteiger partial charge in [-0.25, -0.2) is 4.98 Å². The molecule has 0 radical (unpaired) electrons. The average molecular weight is 269 g/mol. The Morgan fingerprint density at radius 1 is 1.33 bits per heavy atom. The SMILES string of the molecule is Cc1cccc2cc(I)ncc12. The number of pyridine rings is 1. The molecule has 0 amide bonds. The molecule has 2 rings (SSSR count). The van der Waals surface area contributed by atoms with Crippen LogP contribution in [0.25, 0.3) is 10.8 Å². The molecule has 0 atom stereocenters. The lowest BCUT2D eigenvalue weighted by Gasteiger charge is -2.00. The van der Waals surface area contributed by atoms with Crippen molar-refractivity contribution in [3.05, 3.63) is 39.7 Å². The van der Waals surface area contributed by atoms with Gasteiger partial charge in [-0.05, 0) is 46.5 Å². The quantitative estimate of drug-likeness (QED) is 0.529. The van der Waals surface area contributed by atoms with Crippen molar-refractivity contribution in [1.82, 2.24) is 4.98 Å². The highest BCUT2D eigenvalue weighted by molar-refractivity contribution is 14.1. The van der Waals surface area contributed by atoms with Crippen molar-refractivity contribution >= 4 is 33.4 Å². The highest BCUT2D eigenvalue weighted by Gasteiger charge is 1.96. The number of aryl methyl sites for hydroxylation is 1. The van der Waals surface area contributed by atoms with Crippen LogP contribution in [0, 0.1) is 10.6 Å². The Hall–Kier alpha value is -0.640. The van der Waals surface area contributed by atoms with E-state index in [-0.39, 0.29) is 0 Å². The first kappa shape index (κ1) is 7.98. The Balaban J connectivity index is 2.86. The van der Waals surface area contributed by atoms with Crippen molar-refractivity contribution in [3.8, 4) is 0 Å². The molecule has 0 aliphatic carbocycles. The number of hydrogen-bond donors (Lipinski definition) is 0. The van der Waals surface area contributed by atoms with Crippen molar-refractivity contribution < 1.29 is 0 Å². The van der Waals surface area contributed by atoms with Crippen molar-refractivity contribution in [2.45, 2.75) is 6.92 Å². The number of rotatable bonds is 0. The van der Waals surface area contributed by atoms with E-state index in [2.05, 4.69) is 58.8 Å². The fourth-order valence-corrected chi connectivity index (χ4v) is 1.77. The van der Waals surface area contributed by atoms with Crippen molar-refractivity contribution in [1.29, 1.82) is 0 Å². The first-order valence-corrected chi connectivity index (χ1v) is 4.86. The van der Waals surface area contributed by atoms with E-state index in [9.17, 15) is 0 Å². The van der Waals surface area contributed by atoms with Crippen molar-refractivity contribution in [3.63, 3.8) is 0 Å². The Morgan fingerprint density at radius 2 is 2.17 bits per heavy atom. The van der Waals surface area contributed by atoms with Gasteiger partial charge in [0.1, 0.15) is 3.70 Å². The molecule has 1 aromatic heterocycles. The topological polar surface area (TPSA) is 12.9 Å². The van der Waals surface area contributed by atoms with E-state index >= 15 is 0 Å². The van der Waals surface area contributed by atoms with Crippen LogP contribution in [0.1, 0.15) is 5.56 Å². The molecule has 60 valence electrons. The van der Waals surface area contributed by atoms with Crippen LogP contribution in [-0.4, -0.2) is 4.98 Å². The van der Waals surface area contributed by atoms with E-state index in [0.717, 1.165) is 3.70 Å². The van der Waals surface area contributed by atoms with Gasteiger partial charge in [0.25, 0.3) is 0 Å². The van der Waals surface area contributed by atoms with Crippen LogP contribution < -0.4 is 0 Å². The predicted octanol–water partition coefficient (Wildman–Crippen LogP) is 3.15. The molecule has 1 heterocycles. The van der Waals surface area contributed by atoms with E-state index in [1.165, 1.54) is 16.3 Å². The Kier molecular flexibility index (Phi) is 2.00. The summed E-state index contributed by atoms with van der Waals surface area (Å²) in [5, 5.41) is 2.52. The van der Waals surface area contributed by atoms with Gasteiger partial charge in [0.05, 0.1) is 0 Å². The Labute approximate surface area is 85.0 Å². The second-order valence-corrected chi connectivity index (χ2v) is 3.91. The molecule has 0 N–H and O–H groups in total. The second-order valence-electron chi connectivity index (χ2n) is 2.80. The van der Waals surface area contributed by atoms with E-state index in [0.29, 0.717) is 0 Å². The maximum atomic E-state index is 4.25. The Morgan fingerprint density at radius 3 is 3.00 bits per heavy atom. The van der Waals surface area contributed by atoms with Crippen molar-refractivity contribution in [2.24, 2.45) is 0 Å². The smallest absolute Gasteiger partial charge is 0.101 e. The maximum Gasteiger partial charge on any atom is 0.101 e. The molecule has 12 heavy (non-hydrogen) atoms. The summed E-state index contributed by atoms with van der Waals surface area (Å²) in [7, 11) is 0. The number of benzene rings is 1. The molecule has 0 unspecified atom stereocenters. The third-order valence-corrected chi connectivity index (χ3v) is 2.54. The first-order valence-electron chi connectivity index (χ1n) is 3.78. The minimum atomic E-state index is 1.05. The van der Waals surface area contributed by atoms with Crippen LogP contribution in [0.15, 0.2) is 30.5 Å². The summed E-state index contributed by atoms with van der Waals surface area (Å²) in [4.78, 5) is 4.25. The van der Waals surface area contributed by atoms with Gasteiger partial charge in [0.2, 0.25) is 0 Å². The molecule has 0 fully saturated rings. The fourth-order valence-electron chi connectivity index (χ4n) is 1.30. The van der Waals surface area contributed by atoms with Gasteiger partial charge in [-0.15, -0.1) is 0 Å². The van der Waals surface area contributed by atoms with E-state index in [1.54, 1.807) is 0 Å². The normalized spacial score (nSPS) is 10.5. The largest absolute Gasteiger partial charge is 0.250 e. The minimum Gasteiger partial charge on any atom is -0.250 e. The summed E-state index contributed by atoms with van der Waals surface area (Å²) in [5.74, 6) is 0. The van der Waals surface area contributed by atoms with Gasteiger partial charge in [-0.2, -0.15) is 0 Å². The third kappa shape index (κ3) is 1.31. The molecule has 1 nitrogen and oxygen atoms in total. The van der Waals surface area contributed by atoms with Crippen LogP contribution in [0.3, 0.4) is 0 Å². The molecule has 0 bridgehead atoms. The Bertz CT molecular complexity index is 423. The second kappa shape index (κ2) is 3.01. The monoisotopic (exact) mass is 269 g/mol. The lowest BCUT2D eigenvalue weighted by molar-refractivity contribution is 1.30. The number of nitrogens with zero attached hydrogens (tertiary/aromatic N) is 1. The molecule has 0 aliphatic rings. The summed E-state index contributed by atoms with van der Waals surface area (Å²) in [6, 6.07) is 8.40. The predicted molar refractivity (Wildman–Crippen MR) is 59.2 cm³/mol. The number of hydrogen-bond acceptors (Lipinski definition) is 1. The minimum absolute atomic E-state index is 1.05. The first-order chi connectivity index (χ1) is 5.77. The lowest BCUT2D eigenvalue weighted by atomic mass is 10.1. The van der Waals surface area contributed by atoms with Crippen LogP contribution in [0.2, 0.25) is 0 Å². The fraction of sp³-hybridized carbons (Fsp3) is 0.100. The molecule has 1 aromatic carbocycles. The highest BCUT2D eigenvalue weighted by Crippen LogP contribution is 2.18. The summed E-state index contributed by atoms with van der Waals surface area (Å²) in [5.41, 5.74) is 1.29. The third-order valence-electron chi connectivity index (χ3n) is 1.95. The molecule has 2 aromatic rings. The average Bonchev–Trinajstić information content (AvgIpc) is 2.04. The molecule has 0 spiro atoms. The summed E-state index contributed by atoms with van der Waals surface area (Å²) < 4.78 is 1.05. The number of fused-ring (bicyclic) bond motifs is 1. The van der Waals surface area contributed by atoms with Crippen LogP contribution in [-0.2, 0) is 0 Å². The van der Waals surface area contributed by atoms with Crippen LogP contribution >= 0.6 is 22.6 Å². The van der Waals surface area contributed by atoms with Crippen LogP contribution in [0.4, 0.5) is 0 Å². The van der Waals surface area contributed by atoms with Gasteiger partial charge >= 0.3 is 0 Å². The van der Waals surface area contributed by atoms with Gasteiger partial charge in [0.15, 0.2) is 0 Å². The van der Waals surface area contributed by atoms with Gasteiger partial charge in [-0.1, -0.05) is 18.2 Å². The van der Waals surface area contributed by atoms with E-state index in [4.69, 9.17) is 0 Å². The van der Waals surface area contributed by atoms with Gasteiger partial charge < -0.3 is 0 Å². The highest BCUT2D eigenvalue weighted by atomic mass is 127. The lowest BCUT2D eigenvalue weighted by Crippen LogP contribution is -1.82. The standard InChI is InChI=1S/C10H8IN/c1-7-3-2-4-8-5-10(11)12-6-9(7)8/h2-6H,1H3. The molecule has 0 saturated carbocycles. The zero-order chi connectivity index (χ0) is 8.55. The molecular weight excluding hydrogens is 261 g/mol.